The standard InChI is InChI=1S/C9H15NO4/c1-10(2)8(12)6-4-3-5-7(11)9(13)14/h4,6-7,11H,3,5H2,1-2H3,(H,13,14)/b6-4+. The molecule has 14 heavy (non-hydrogen) atoms. The van der Waals surface area contributed by atoms with Crippen LogP contribution in [0.4, 0.5) is 0 Å². The summed E-state index contributed by atoms with van der Waals surface area (Å²) in [6.45, 7) is 0. The van der Waals surface area contributed by atoms with Crippen LogP contribution < -0.4 is 0 Å². The Bertz CT molecular complexity index is 235. The van der Waals surface area contributed by atoms with Gasteiger partial charge < -0.3 is 15.1 Å². The number of allylic oxidation sites excluding steroid dienone is 1. The molecule has 0 aliphatic rings. The number of nitrogens with zero attached hydrogens (tertiary/aromatic N) is 1. The molecule has 0 heterocycles. The molecule has 80 valence electrons. The third-order valence-electron chi connectivity index (χ3n) is 1.59. The SMILES string of the molecule is CN(C)C(=O)/C=C/CCC(O)C(=O)O. The van der Waals surface area contributed by atoms with Gasteiger partial charge in [0.15, 0.2) is 6.10 Å². The van der Waals surface area contributed by atoms with Crippen molar-refractivity contribution in [2.45, 2.75) is 18.9 Å². The maximum atomic E-state index is 11.0. The van der Waals surface area contributed by atoms with Crippen molar-refractivity contribution in [3.63, 3.8) is 0 Å². The summed E-state index contributed by atoms with van der Waals surface area (Å²) in [6, 6.07) is 0. The minimum absolute atomic E-state index is 0.118. The molecule has 0 spiro atoms. The highest BCUT2D eigenvalue weighted by molar-refractivity contribution is 5.87. The minimum atomic E-state index is -1.35. The number of hydrogen-bond acceptors (Lipinski definition) is 3. The van der Waals surface area contributed by atoms with Crippen molar-refractivity contribution < 1.29 is 19.8 Å². The van der Waals surface area contributed by atoms with E-state index in [0.717, 1.165) is 0 Å². The van der Waals surface area contributed by atoms with E-state index in [4.69, 9.17) is 10.2 Å². The molecule has 1 unspecified atom stereocenters. The lowest BCUT2D eigenvalue weighted by Gasteiger charge is -2.05. The van der Waals surface area contributed by atoms with Gasteiger partial charge in [-0.1, -0.05) is 6.08 Å². The van der Waals surface area contributed by atoms with Gasteiger partial charge in [0.2, 0.25) is 5.91 Å². The molecule has 0 bridgehead atoms. The summed E-state index contributed by atoms with van der Waals surface area (Å²) in [5, 5.41) is 17.2. The second-order valence-corrected chi connectivity index (χ2v) is 3.07. The van der Waals surface area contributed by atoms with E-state index in [0.29, 0.717) is 6.42 Å². The molecular weight excluding hydrogens is 186 g/mol. The number of likely N-dealkylation sites (N-methyl/N-ethyl adjacent to an activating group) is 1. The first-order valence-electron chi connectivity index (χ1n) is 4.24. The molecule has 0 rings (SSSR count). The molecule has 0 aromatic carbocycles. The first kappa shape index (κ1) is 12.6. The monoisotopic (exact) mass is 201 g/mol. The quantitative estimate of drug-likeness (QED) is 0.607. The van der Waals surface area contributed by atoms with E-state index < -0.39 is 12.1 Å². The molecular formula is C9H15NO4. The van der Waals surface area contributed by atoms with Crippen LogP contribution in [-0.4, -0.2) is 47.2 Å². The summed E-state index contributed by atoms with van der Waals surface area (Å²) in [5.74, 6) is -1.40. The Morgan fingerprint density at radius 2 is 2.00 bits per heavy atom. The predicted octanol–water partition coefficient (Wildman–Crippen LogP) is -0.144. The van der Waals surface area contributed by atoms with Crippen LogP contribution in [-0.2, 0) is 9.59 Å². The molecule has 0 saturated heterocycles. The zero-order valence-electron chi connectivity index (χ0n) is 8.30. The number of carbonyl (C=O) groups is 2. The molecule has 5 heteroatoms. The lowest BCUT2D eigenvalue weighted by molar-refractivity contribution is -0.146. The van der Waals surface area contributed by atoms with Crippen molar-refractivity contribution in [3.8, 4) is 0 Å². The van der Waals surface area contributed by atoms with Gasteiger partial charge in [0.1, 0.15) is 0 Å². The number of carboxylic acid groups (broad SMARTS) is 1. The first-order valence-corrected chi connectivity index (χ1v) is 4.24. The van der Waals surface area contributed by atoms with Crippen molar-refractivity contribution in [2.24, 2.45) is 0 Å². The molecule has 5 nitrogen and oxygen atoms in total. The second kappa shape index (κ2) is 6.15. The number of aliphatic hydroxyl groups excluding tert-OH is 1. The molecule has 1 atom stereocenters. The van der Waals surface area contributed by atoms with Crippen LogP contribution in [0.1, 0.15) is 12.8 Å². The molecule has 0 aliphatic carbocycles. The van der Waals surface area contributed by atoms with Crippen molar-refractivity contribution >= 4 is 11.9 Å². The molecule has 0 fully saturated rings. The highest BCUT2D eigenvalue weighted by Gasteiger charge is 2.10. The second-order valence-electron chi connectivity index (χ2n) is 3.07. The van der Waals surface area contributed by atoms with Gasteiger partial charge >= 0.3 is 5.97 Å². The van der Waals surface area contributed by atoms with Gasteiger partial charge in [0.05, 0.1) is 0 Å². The Morgan fingerprint density at radius 1 is 1.43 bits per heavy atom. The van der Waals surface area contributed by atoms with E-state index >= 15 is 0 Å². The van der Waals surface area contributed by atoms with Crippen molar-refractivity contribution in [1.82, 2.24) is 4.90 Å². The van der Waals surface area contributed by atoms with Gasteiger partial charge in [0, 0.05) is 14.1 Å². The number of carbonyl (C=O) groups excluding carboxylic acids is 1. The zero-order valence-corrected chi connectivity index (χ0v) is 8.30. The van der Waals surface area contributed by atoms with Crippen LogP contribution >= 0.6 is 0 Å². The van der Waals surface area contributed by atoms with Crippen molar-refractivity contribution in [3.05, 3.63) is 12.2 Å². The van der Waals surface area contributed by atoms with E-state index in [1.165, 1.54) is 11.0 Å². The number of rotatable bonds is 5. The summed E-state index contributed by atoms with van der Waals surface area (Å²) >= 11 is 0. The first-order chi connectivity index (χ1) is 6.45. The highest BCUT2D eigenvalue weighted by Crippen LogP contribution is 1.98. The highest BCUT2D eigenvalue weighted by atomic mass is 16.4. The van der Waals surface area contributed by atoms with Crippen LogP contribution in [0.25, 0.3) is 0 Å². The minimum Gasteiger partial charge on any atom is -0.479 e. The van der Waals surface area contributed by atoms with Gasteiger partial charge in [0.25, 0.3) is 0 Å². The van der Waals surface area contributed by atoms with Gasteiger partial charge in [-0.25, -0.2) is 4.79 Å². The fraction of sp³-hybridized carbons (Fsp3) is 0.556. The predicted molar refractivity (Wildman–Crippen MR) is 50.7 cm³/mol. The lowest BCUT2D eigenvalue weighted by Crippen LogP contribution is -2.19. The Kier molecular flexibility index (Phi) is 5.55. The summed E-state index contributed by atoms with van der Waals surface area (Å²) in [6.07, 6.45) is 2.04. The maximum Gasteiger partial charge on any atom is 0.332 e. The summed E-state index contributed by atoms with van der Waals surface area (Å²) in [7, 11) is 3.25. The molecule has 0 aromatic heterocycles. The maximum absolute atomic E-state index is 11.0. The van der Waals surface area contributed by atoms with Gasteiger partial charge in [-0.05, 0) is 18.9 Å². The topological polar surface area (TPSA) is 77.8 Å². The molecule has 2 N–H and O–H groups in total. The molecule has 0 aromatic rings. The summed E-state index contributed by atoms with van der Waals surface area (Å²) in [4.78, 5) is 22.6. The normalized spacial score (nSPS) is 12.8. The number of aliphatic hydroxyl groups is 1. The zero-order chi connectivity index (χ0) is 11.1. The van der Waals surface area contributed by atoms with Gasteiger partial charge in [-0.15, -0.1) is 0 Å². The Morgan fingerprint density at radius 3 is 2.43 bits per heavy atom. The molecule has 0 radical (unpaired) electrons. The van der Waals surface area contributed by atoms with Crippen LogP contribution in [0.2, 0.25) is 0 Å². The van der Waals surface area contributed by atoms with Crippen LogP contribution in [0, 0.1) is 0 Å². The Balaban J connectivity index is 3.74. The number of aliphatic carboxylic acids is 1. The average Bonchev–Trinajstić information content (AvgIpc) is 2.11. The largest absolute Gasteiger partial charge is 0.479 e. The number of carboxylic acids is 1. The fourth-order valence-corrected chi connectivity index (χ4v) is 0.711. The van der Waals surface area contributed by atoms with E-state index in [2.05, 4.69) is 0 Å². The van der Waals surface area contributed by atoms with E-state index in [-0.39, 0.29) is 12.3 Å². The van der Waals surface area contributed by atoms with Crippen LogP contribution in [0.15, 0.2) is 12.2 Å². The summed E-state index contributed by atoms with van der Waals surface area (Å²) < 4.78 is 0. The Hall–Kier alpha value is -1.36. The third-order valence-corrected chi connectivity index (χ3v) is 1.59. The smallest absolute Gasteiger partial charge is 0.332 e. The van der Waals surface area contributed by atoms with E-state index in [1.54, 1.807) is 20.2 Å². The van der Waals surface area contributed by atoms with Crippen molar-refractivity contribution in [1.29, 1.82) is 0 Å². The fourth-order valence-electron chi connectivity index (χ4n) is 0.711. The number of amides is 1. The van der Waals surface area contributed by atoms with Crippen LogP contribution in [0.3, 0.4) is 0 Å². The lowest BCUT2D eigenvalue weighted by atomic mass is 10.2. The average molecular weight is 201 g/mol. The Labute approximate surface area is 82.6 Å². The van der Waals surface area contributed by atoms with Crippen molar-refractivity contribution in [2.75, 3.05) is 14.1 Å². The molecule has 0 aliphatic heterocycles. The molecule has 0 saturated carbocycles. The van der Waals surface area contributed by atoms with E-state index in [1.807, 2.05) is 0 Å². The van der Waals surface area contributed by atoms with Crippen LogP contribution in [0.5, 0.6) is 0 Å². The summed E-state index contributed by atoms with van der Waals surface area (Å²) in [5.41, 5.74) is 0. The van der Waals surface area contributed by atoms with E-state index in [9.17, 15) is 9.59 Å². The van der Waals surface area contributed by atoms with Gasteiger partial charge in [-0.3, -0.25) is 4.79 Å². The molecule has 1 amide bonds. The van der Waals surface area contributed by atoms with Gasteiger partial charge in [-0.2, -0.15) is 0 Å². The third kappa shape index (κ3) is 5.31. The number of hydrogen-bond donors (Lipinski definition) is 2.